The van der Waals surface area contributed by atoms with Gasteiger partial charge >= 0.3 is 11.8 Å². The number of amides is 2. The molecule has 2 rings (SSSR count). The third kappa shape index (κ3) is 4.47. The zero-order valence-electron chi connectivity index (χ0n) is 15.2. The van der Waals surface area contributed by atoms with Crippen LogP contribution in [0.2, 0.25) is 0 Å². The van der Waals surface area contributed by atoms with Crippen molar-refractivity contribution in [1.82, 2.24) is 10.2 Å². The van der Waals surface area contributed by atoms with Crippen LogP contribution in [0.3, 0.4) is 0 Å². The lowest BCUT2D eigenvalue weighted by Gasteiger charge is -2.20. The van der Waals surface area contributed by atoms with Gasteiger partial charge in [0.2, 0.25) is 0 Å². The topological polar surface area (TPSA) is 64.7 Å². The molecule has 0 radical (unpaired) electrons. The third-order valence-corrected chi connectivity index (χ3v) is 4.43. The van der Waals surface area contributed by atoms with Gasteiger partial charge in [-0.1, -0.05) is 0 Å². The number of likely N-dealkylation sites (tertiary alicyclic amines) is 1. The first-order valence-electron chi connectivity index (χ1n) is 8.41. The van der Waals surface area contributed by atoms with E-state index in [9.17, 15) is 9.59 Å². The summed E-state index contributed by atoms with van der Waals surface area (Å²) in [5.74, 6) is -1.19. The van der Waals surface area contributed by atoms with E-state index in [1.165, 1.54) is 0 Å². The Bertz CT molecular complexity index is 613. The van der Waals surface area contributed by atoms with E-state index in [-0.39, 0.29) is 6.04 Å². The van der Waals surface area contributed by atoms with E-state index >= 15 is 0 Å². The van der Waals surface area contributed by atoms with Gasteiger partial charge in [0.05, 0.1) is 0 Å². The second-order valence-corrected chi connectivity index (χ2v) is 6.90. The van der Waals surface area contributed by atoms with Gasteiger partial charge in [0.15, 0.2) is 0 Å². The second-order valence-electron chi connectivity index (χ2n) is 6.90. The molecule has 6 nitrogen and oxygen atoms in total. The maximum atomic E-state index is 12.1. The van der Waals surface area contributed by atoms with Gasteiger partial charge in [-0.05, 0) is 51.0 Å². The van der Waals surface area contributed by atoms with E-state index in [1.807, 2.05) is 44.1 Å². The molecule has 1 fully saturated rings. The number of benzene rings is 1. The summed E-state index contributed by atoms with van der Waals surface area (Å²) in [5, 5.41) is 5.50. The molecule has 1 heterocycles. The molecular weight excluding hydrogens is 304 g/mol. The highest BCUT2D eigenvalue weighted by molar-refractivity contribution is 6.39. The van der Waals surface area contributed by atoms with E-state index in [0.717, 1.165) is 30.8 Å². The van der Waals surface area contributed by atoms with Crippen molar-refractivity contribution >= 4 is 23.2 Å². The van der Waals surface area contributed by atoms with E-state index < -0.39 is 11.8 Å². The Morgan fingerprint density at radius 1 is 1.25 bits per heavy atom. The van der Waals surface area contributed by atoms with Crippen molar-refractivity contribution in [3.05, 3.63) is 23.8 Å². The van der Waals surface area contributed by atoms with Gasteiger partial charge in [-0.3, -0.25) is 14.5 Å². The van der Waals surface area contributed by atoms with Gasteiger partial charge < -0.3 is 15.5 Å². The van der Waals surface area contributed by atoms with Crippen LogP contribution in [-0.2, 0) is 9.59 Å². The quantitative estimate of drug-likeness (QED) is 0.822. The van der Waals surface area contributed by atoms with Gasteiger partial charge in [-0.2, -0.15) is 0 Å². The molecule has 1 unspecified atom stereocenters. The SMILES string of the molecule is Cc1cc(NC(=O)C(=O)NC2CCN(C(C)C)C2)ccc1N(C)C. The molecule has 0 saturated carbocycles. The van der Waals surface area contributed by atoms with E-state index in [1.54, 1.807) is 0 Å². The summed E-state index contributed by atoms with van der Waals surface area (Å²) in [6, 6.07) is 6.11. The van der Waals surface area contributed by atoms with Gasteiger partial charge in [0.25, 0.3) is 0 Å². The summed E-state index contributed by atoms with van der Waals surface area (Å²) >= 11 is 0. The smallest absolute Gasteiger partial charge is 0.313 e. The van der Waals surface area contributed by atoms with E-state index in [2.05, 4.69) is 29.4 Å². The molecule has 2 amide bonds. The molecule has 0 bridgehead atoms. The largest absolute Gasteiger partial charge is 0.377 e. The second kappa shape index (κ2) is 7.66. The number of hydrogen-bond acceptors (Lipinski definition) is 4. The van der Waals surface area contributed by atoms with Crippen LogP contribution in [0.15, 0.2) is 18.2 Å². The van der Waals surface area contributed by atoms with Gasteiger partial charge in [-0.25, -0.2) is 0 Å². The van der Waals surface area contributed by atoms with Gasteiger partial charge in [-0.15, -0.1) is 0 Å². The molecule has 1 aromatic rings. The fourth-order valence-electron chi connectivity index (χ4n) is 3.05. The highest BCUT2D eigenvalue weighted by atomic mass is 16.2. The Labute approximate surface area is 144 Å². The van der Waals surface area contributed by atoms with Crippen molar-refractivity contribution < 1.29 is 9.59 Å². The van der Waals surface area contributed by atoms with Crippen molar-refractivity contribution in [3.63, 3.8) is 0 Å². The predicted molar refractivity (Wildman–Crippen MR) is 97.4 cm³/mol. The summed E-state index contributed by atoms with van der Waals surface area (Å²) < 4.78 is 0. The monoisotopic (exact) mass is 332 g/mol. The highest BCUT2D eigenvalue weighted by Crippen LogP contribution is 2.21. The van der Waals surface area contributed by atoms with Crippen LogP contribution in [0.25, 0.3) is 0 Å². The fraction of sp³-hybridized carbons (Fsp3) is 0.556. The van der Waals surface area contributed by atoms with Crippen molar-refractivity contribution in [2.24, 2.45) is 0 Å². The number of rotatable bonds is 4. The summed E-state index contributed by atoms with van der Waals surface area (Å²) in [6.07, 6.45) is 0.883. The van der Waals surface area contributed by atoms with Crippen LogP contribution in [0.4, 0.5) is 11.4 Å². The van der Waals surface area contributed by atoms with E-state index in [4.69, 9.17) is 0 Å². The molecule has 2 N–H and O–H groups in total. The lowest BCUT2D eigenvalue weighted by atomic mass is 10.1. The first kappa shape index (κ1) is 18.3. The van der Waals surface area contributed by atoms with Crippen LogP contribution in [0.5, 0.6) is 0 Å². The minimum absolute atomic E-state index is 0.0449. The van der Waals surface area contributed by atoms with Crippen LogP contribution >= 0.6 is 0 Å². The summed E-state index contributed by atoms with van der Waals surface area (Å²) in [7, 11) is 3.94. The Morgan fingerprint density at radius 2 is 1.96 bits per heavy atom. The standard InChI is InChI=1S/C18H28N4O2/c1-12(2)22-9-8-15(11-22)20-18(24)17(23)19-14-6-7-16(21(4)5)13(3)10-14/h6-7,10,12,15H,8-9,11H2,1-5H3,(H,19,23)(H,20,24). The van der Waals surface area contributed by atoms with Crippen LogP contribution in [-0.4, -0.2) is 56.0 Å². The molecule has 1 aliphatic heterocycles. The summed E-state index contributed by atoms with van der Waals surface area (Å²) in [4.78, 5) is 28.5. The molecule has 6 heteroatoms. The Balaban J connectivity index is 1.90. The van der Waals surface area contributed by atoms with Crippen LogP contribution < -0.4 is 15.5 Å². The number of nitrogens with one attached hydrogen (secondary N) is 2. The fourth-order valence-corrected chi connectivity index (χ4v) is 3.05. The molecular formula is C18H28N4O2. The number of carbonyl (C=O) groups is 2. The molecule has 0 spiro atoms. The lowest BCUT2D eigenvalue weighted by Crippen LogP contribution is -2.43. The summed E-state index contributed by atoms with van der Waals surface area (Å²) in [6.45, 7) is 8.00. The maximum absolute atomic E-state index is 12.1. The predicted octanol–water partition coefficient (Wildman–Crippen LogP) is 1.60. The minimum Gasteiger partial charge on any atom is -0.377 e. The van der Waals surface area contributed by atoms with Gasteiger partial charge in [0.1, 0.15) is 0 Å². The Kier molecular flexibility index (Phi) is 5.83. The average Bonchev–Trinajstić information content (AvgIpc) is 2.95. The molecule has 0 aliphatic carbocycles. The van der Waals surface area contributed by atoms with E-state index in [0.29, 0.717) is 11.7 Å². The molecule has 24 heavy (non-hydrogen) atoms. The first-order valence-corrected chi connectivity index (χ1v) is 8.41. The minimum atomic E-state index is -0.616. The van der Waals surface area contributed by atoms with Crippen LogP contribution in [0.1, 0.15) is 25.8 Å². The average molecular weight is 332 g/mol. The molecule has 1 saturated heterocycles. The normalized spacial score (nSPS) is 17.8. The maximum Gasteiger partial charge on any atom is 0.313 e. The van der Waals surface area contributed by atoms with Crippen LogP contribution in [0, 0.1) is 6.92 Å². The molecule has 132 valence electrons. The first-order chi connectivity index (χ1) is 11.3. The highest BCUT2D eigenvalue weighted by Gasteiger charge is 2.27. The number of nitrogens with zero attached hydrogens (tertiary/aromatic N) is 2. The van der Waals surface area contributed by atoms with Gasteiger partial charge in [0, 0.05) is 50.6 Å². The molecule has 1 aliphatic rings. The molecule has 1 aromatic carbocycles. The Morgan fingerprint density at radius 3 is 2.50 bits per heavy atom. The van der Waals surface area contributed by atoms with Crippen molar-refractivity contribution in [1.29, 1.82) is 0 Å². The zero-order valence-corrected chi connectivity index (χ0v) is 15.2. The number of hydrogen-bond donors (Lipinski definition) is 2. The molecule has 0 aromatic heterocycles. The molecule has 1 atom stereocenters. The number of anilines is 2. The number of carbonyl (C=O) groups excluding carboxylic acids is 2. The third-order valence-electron chi connectivity index (χ3n) is 4.43. The van der Waals surface area contributed by atoms with Crippen molar-refractivity contribution in [2.75, 3.05) is 37.4 Å². The number of aryl methyl sites for hydroxylation is 1. The Hall–Kier alpha value is -2.08. The van der Waals surface area contributed by atoms with Crippen molar-refractivity contribution in [2.45, 2.75) is 39.3 Å². The zero-order chi connectivity index (χ0) is 17.9. The summed E-state index contributed by atoms with van der Waals surface area (Å²) in [5.41, 5.74) is 2.76. The lowest BCUT2D eigenvalue weighted by molar-refractivity contribution is -0.136. The van der Waals surface area contributed by atoms with Crippen molar-refractivity contribution in [3.8, 4) is 0 Å².